The molecule has 156 valence electrons. The van der Waals surface area contributed by atoms with Crippen molar-refractivity contribution in [3.05, 3.63) is 0 Å². The van der Waals surface area contributed by atoms with Crippen LogP contribution in [0.15, 0.2) is 0 Å². The molecule has 1 aliphatic heterocycles. The van der Waals surface area contributed by atoms with Gasteiger partial charge in [0.2, 0.25) is 0 Å². The zero-order valence-electron chi connectivity index (χ0n) is 19.4. The monoisotopic (exact) mass is 384 g/mol. The van der Waals surface area contributed by atoms with E-state index in [4.69, 9.17) is 12.8 Å². The van der Waals surface area contributed by atoms with Crippen LogP contribution in [0.4, 0.5) is 0 Å². The summed E-state index contributed by atoms with van der Waals surface area (Å²) in [5.41, 5.74) is 0.390. The van der Waals surface area contributed by atoms with Gasteiger partial charge >= 0.3 is 0 Å². The summed E-state index contributed by atoms with van der Waals surface area (Å²) in [4.78, 5) is 2.61. The number of nitrogens with zero attached hydrogens (tertiary/aromatic N) is 2. The minimum absolute atomic E-state index is 0.390. The lowest BCUT2D eigenvalue weighted by molar-refractivity contribution is -0.0136. The third-order valence-electron chi connectivity index (χ3n) is 8.27. The van der Waals surface area contributed by atoms with Gasteiger partial charge in [0.25, 0.3) is 0 Å². The molecule has 0 spiro atoms. The summed E-state index contributed by atoms with van der Waals surface area (Å²) in [6.45, 7) is 21.9. The van der Waals surface area contributed by atoms with E-state index in [1.165, 1.54) is 32.1 Å². The highest BCUT2D eigenvalue weighted by Gasteiger charge is 2.45. The fourth-order valence-electron chi connectivity index (χ4n) is 5.63. The van der Waals surface area contributed by atoms with E-state index in [1.807, 2.05) is 0 Å². The number of hydrogen-bond acceptors (Lipinski definition) is 3. The summed E-state index contributed by atoms with van der Waals surface area (Å²) in [5.74, 6) is 2.16. The molecule has 2 nitrogen and oxygen atoms in total. The summed E-state index contributed by atoms with van der Waals surface area (Å²) in [5, 5.41) is 0. The Morgan fingerprint density at radius 1 is 1.00 bits per heavy atom. The van der Waals surface area contributed by atoms with Gasteiger partial charge in [0, 0.05) is 24.2 Å². The van der Waals surface area contributed by atoms with Crippen LogP contribution in [0.2, 0.25) is 0 Å². The van der Waals surface area contributed by atoms with Crippen molar-refractivity contribution in [2.24, 2.45) is 23.2 Å². The second-order valence-electron chi connectivity index (χ2n) is 10.0. The summed E-state index contributed by atoms with van der Waals surface area (Å²) >= 11 is 4.81. The first-order valence-corrected chi connectivity index (χ1v) is 11.6. The molecule has 1 heterocycles. The normalized spacial score (nSPS) is 37.8. The SMILES string of the molecule is CCCC(C)N(C)C(C)CC(C)C1(C)C(C)CC(C)N(S)C(C)CC1C. The first-order chi connectivity index (χ1) is 12.0. The molecule has 0 bridgehead atoms. The van der Waals surface area contributed by atoms with Gasteiger partial charge in [-0.2, -0.15) is 0 Å². The molecule has 26 heavy (non-hydrogen) atoms. The maximum absolute atomic E-state index is 4.81. The zero-order valence-corrected chi connectivity index (χ0v) is 20.3. The standard InChI is InChI=1S/C23H48N2S/c1-11-12-19(5)24(10)20(6)13-16(2)23(9)17(3)14-21(7)25(26)22(8)15-18(23)4/h16-22,26H,11-15H2,1-10H3. The fourth-order valence-corrected chi connectivity index (χ4v) is 5.81. The smallest absolute Gasteiger partial charge is 0.0177 e. The molecule has 0 amide bonds. The van der Waals surface area contributed by atoms with Crippen LogP contribution in [0, 0.1) is 23.2 Å². The topological polar surface area (TPSA) is 6.48 Å². The van der Waals surface area contributed by atoms with E-state index >= 15 is 0 Å². The van der Waals surface area contributed by atoms with Crippen molar-refractivity contribution in [3.8, 4) is 0 Å². The Morgan fingerprint density at radius 2 is 1.46 bits per heavy atom. The predicted molar refractivity (Wildman–Crippen MR) is 121 cm³/mol. The van der Waals surface area contributed by atoms with Crippen LogP contribution < -0.4 is 0 Å². The van der Waals surface area contributed by atoms with E-state index in [0.717, 1.165) is 17.8 Å². The van der Waals surface area contributed by atoms with Crippen LogP contribution >= 0.6 is 12.8 Å². The van der Waals surface area contributed by atoms with Crippen molar-refractivity contribution in [1.82, 2.24) is 9.21 Å². The molecule has 0 aromatic heterocycles. The first-order valence-electron chi connectivity index (χ1n) is 11.2. The van der Waals surface area contributed by atoms with Gasteiger partial charge in [-0.1, -0.05) is 53.9 Å². The van der Waals surface area contributed by atoms with E-state index in [9.17, 15) is 0 Å². The highest BCUT2D eigenvalue weighted by molar-refractivity contribution is 7.77. The molecule has 1 fully saturated rings. The quantitative estimate of drug-likeness (QED) is 0.499. The second kappa shape index (κ2) is 10.2. The molecule has 0 aromatic rings. The average Bonchev–Trinajstić information content (AvgIpc) is 2.58. The highest BCUT2D eigenvalue weighted by atomic mass is 32.1. The van der Waals surface area contributed by atoms with Gasteiger partial charge in [0.05, 0.1) is 0 Å². The lowest BCUT2D eigenvalue weighted by Gasteiger charge is -2.51. The maximum atomic E-state index is 4.81. The van der Waals surface area contributed by atoms with Crippen LogP contribution in [0.5, 0.6) is 0 Å². The minimum atomic E-state index is 0.390. The van der Waals surface area contributed by atoms with Gasteiger partial charge in [-0.05, 0) is 83.6 Å². The summed E-state index contributed by atoms with van der Waals surface area (Å²) < 4.78 is 2.31. The number of rotatable bonds is 7. The van der Waals surface area contributed by atoms with Crippen molar-refractivity contribution in [2.45, 2.75) is 119 Å². The van der Waals surface area contributed by atoms with E-state index in [-0.39, 0.29) is 0 Å². The molecular formula is C23H48N2S. The molecule has 7 atom stereocenters. The molecule has 0 aliphatic carbocycles. The lowest BCUT2D eigenvalue weighted by atomic mass is 9.57. The Balaban J connectivity index is 2.93. The fraction of sp³-hybridized carbons (Fsp3) is 1.00. The van der Waals surface area contributed by atoms with E-state index in [1.54, 1.807) is 0 Å². The Labute approximate surface area is 171 Å². The Bertz CT molecular complexity index is 395. The summed E-state index contributed by atoms with van der Waals surface area (Å²) in [6, 6.07) is 2.42. The summed E-state index contributed by atoms with van der Waals surface area (Å²) in [6.07, 6.45) is 6.36. The van der Waals surface area contributed by atoms with Crippen LogP contribution in [0.25, 0.3) is 0 Å². The van der Waals surface area contributed by atoms with E-state index < -0.39 is 0 Å². The van der Waals surface area contributed by atoms with Crippen LogP contribution in [-0.2, 0) is 0 Å². The largest absolute Gasteiger partial charge is 0.301 e. The van der Waals surface area contributed by atoms with Gasteiger partial charge in [-0.25, -0.2) is 4.31 Å². The van der Waals surface area contributed by atoms with Crippen molar-refractivity contribution in [3.63, 3.8) is 0 Å². The molecule has 0 aromatic carbocycles. The third kappa shape index (κ3) is 5.41. The van der Waals surface area contributed by atoms with Gasteiger partial charge in [0.15, 0.2) is 0 Å². The van der Waals surface area contributed by atoms with Gasteiger partial charge in [-0.3, -0.25) is 0 Å². The van der Waals surface area contributed by atoms with Crippen molar-refractivity contribution < 1.29 is 0 Å². The number of thiol groups is 1. The minimum Gasteiger partial charge on any atom is -0.301 e. The van der Waals surface area contributed by atoms with Crippen molar-refractivity contribution in [1.29, 1.82) is 0 Å². The Morgan fingerprint density at radius 3 is 1.88 bits per heavy atom. The van der Waals surface area contributed by atoms with E-state index in [2.05, 4.69) is 78.6 Å². The Kier molecular flexibility index (Phi) is 9.50. The summed E-state index contributed by atoms with van der Waals surface area (Å²) in [7, 11) is 2.33. The first kappa shape index (κ1) is 24.3. The van der Waals surface area contributed by atoms with E-state index in [0.29, 0.717) is 29.6 Å². The van der Waals surface area contributed by atoms with Crippen LogP contribution in [0.1, 0.15) is 94.4 Å². The number of hydrogen-bond donors (Lipinski definition) is 1. The molecule has 0 radical (unpaired) electrons. The second-order valence-corrected chi connectivity index (χ2v) is 10.5. The Hall–Kier alpha value is 0.270. The van der Waals surface area contributed by atoms with Gasteiger partial charge in [0.1, 0.15) is 0 Å². The molecule has 1 saturated heterocycles. The predicted octanol–water partition coefficient (Wildman–Crippen LogP) is 6.52. The zero-order chi connectivity index (χ0) is 20.2. The molecule has 1 aliphatic rings. The van der Waals surface area contributed by atoms with Gasteiger partial charge < -0.3 is 4.90 Å². The van der Waals surface area contributed by atoms with Crippen molar-refractivity contribution >= 4 is 12.8 Å². The van der Waals surface area contributed by atoms with Crippen LogP contribution in [-0.4, -0.2) is 40.4 Å². The molecule has 3 heteroatoms. The van der Waals surface area contributed by atoms with Crippen LogP contribution in [0.3, 0.4) is 0 Å². The molecule has 7 unspecified atom stereocenters. The van der Waals surface area contributed by atoms with Gasteiger partial charge in [-0.15, -0.1) is 0 Å². The molecular weight excluding hydrogens is 336 g/mol. The molecule has 0 saturated carbocycles. The molecule has 1 rings (SSSR count). The van der Waals surface area contributed by atoms with Crippen molar-refractivity contribution in [2.75, 3.05) is 7.05 Å². The maximum Gasteiger partial charge on any atom is 0.0177 e. The average molecular weight is 385 g/mol. The highest BCUT2D eigenvalue weighted by Crippen LogP contribution is 2.50. The molecule has 0 N–H and O–H groups in total. The third-order valence-corrected chi connectivity index (χ3v) is 9.06. The lowest BCUT2D eigenvalue weighted by Crippen LogP contribution is -2.49.